The summed E-state index contributed by atoms with van der Waals surface area (Å²) in [5.41, 5.74) is 8.52. The van der Waals surface area contributed by atoms with E-state index in [1.54, 1.807) is 6.20 Å². The zero-order valence-corrected chi connectivity index (χ0v) is 17.3. The maximum Gasteiger partial charge on any atom is 0.243 e. The van der Waals surface area contributed by atoms with E-state index in [1.165, 1.54) is 15.6 Å². The Morgan fingerprint density at radius 2 is 1.85 bits per heavy atom. The molecule has 4 nitrogen and oxygen atoms in total. The Kier molecular flexibility index (Phi) is 4.43. The maximum absolute atomic E-state index is 12.4. The lowest BCUT2D eigenvalue weighted by molar-refractivity contribution is -0.123. The third-order valence-corrected chi connectivity index (χ3v) is 7.18. The van der Waals surface area contributed by atoms with Crippen LogP contribution >= 0.6 is 31.9 Å². The van der Waals surface area contributed by atoms with Crippen molar-refractivity contribution < 1.29 is 4.79 Å². The van der Waals surface area contributed by atoms with Gasteiger partial charge in [-0.05, 0) is 70.9 Å². The number of carbonyl (C=O) groups excluding carboxylic acids is 1. The fraction of sp³-hybridized carbons (Fsp3) is 0.300. The van der Waals surface area contributed by atoms with Crippen LogP contribution in [0.5, 0.6) is 0 Å². The number of fused-ring (bicyclic) bond motifs is 2. The van der Waals surface area contributed by atoms with Gasteiger partial charge in [0.25, 0.3) is 0 Å². The largest absolute Gasteiger partial charge is 0.371 e. The standard InChI is InChI=1S/C20H19Br2N3O/c21-16-11-13-3-1-2-4-15(13)19(16)6-8-20(9-7-19,18(23)26)25-14-5-10-24-17(22)12-14/h1-5,10-12H,6-9H2,(H2,23,26)(H,24,25). The summed E-state index contributed by atoms with van der Waals surface area (Å²) < 4.78 is 1.93. The minimum atomic E-state index is -0.739. The number of hydrogen-bond donors (Lipinski definition) is 2. The minimum absolute atomic E-state index is 0.0456. The van der Waals surface area contributed by atoms with E-state index in [0.29, 0.717) is 12.8 Å². The fourth-order valence-corrected chi connectivity index (χ4v) is 5.48. The molecule has 2 aliphatic carbocycles. The average molecular weight is 477 g/mol. The number of allylic oxidation sites excluding steroid dienone is 1. The number of primary amides is 1. The van der Waals surface area contributed by atoms with Gasteiger partial charge in [0.2, 0.25) is 5.91 Å². The quantitative estimate of drug-likeness (QED) is 0.628. The second kappa shape index (κ2) is 6.50. The van der Waals surface area contributed by atoms with Gasteiger partial charge in [0.15, 0.2) is 0 Å². The molecule has 0 radical (unpaired) electrons. The number of pyridine rings is 1. The number of nitrogens with one attached hydrogen (secondary N) is 1. The number of hydrogen-bond acceptors (Lipinski definition) is 3. The van der Waals surface area contributed by atoms with Gasteiger partial charge in [-0.1, -0.05) is 40.2 Å². The summed E-state index contributed by atoms with van der Waals surface area (Å²) in [6.07, 6.45) is 7.00. The highest BCUT2D eigenvalue weighted by Gasteiger charge is 2.50. The van der Waals surface area contributed by atoms with Crippen molar-refractivity contribution in [2.75, 3.05) is 5.32 Å². The van der Waals surface area contributed by atoms with Gasteiger partial charge in [0.05, 0.1) is 0 Å². The predicted octanol–water partition coefficient (Wildman–Crippen LogP) is 4.74. The monoisotopic (exact) mass is 475 g/mol. The van der Waals surface area contributed by atoms with Crippen molar-refractivity contribution in [2.45, 2.75) is 36.6 Å². The summed E-state index contributed by atoms with van der Waals surface area (Å²) in [7, 11) is 0. The third kappa shape index (κ3) is 2.79. The molecule has 4 rings (SSSR count). The molecule has 1 amide bonds. The van der Waals surface area contributed by atoms with Gasteiger partial charge < -0.3 is 11.1 Å². The summed E-state index contributed by atoms with van der Waals surface area (Å²) in [5, 5.41) is 3.40. The van der Waals surface area contributed by atoms with Crippen LogP contribution in [0.2, 0.25) is 0 Å². The Balaban J connectivity index is 1.63. The lowest BCUT2D eigenvalue weighted by Crippen LogP contribution is -2.54. The third-order valence-electron chi connectivity index (χ3n) is 5.75. The number of nitrogens with two attached hydrogens (primary N) is 1. The molecule has 1 heterocycles. The Hall–Kier alpha value is -1.66. The zero-order valence-electron chi connectivity index (χ0n) is 14.1. The highest BCUT2D eigenvalue weighted by molar-refractivity contribution is 9.12. The fourth-order valence-electron chi connectivity index (χ4n) is 4.26. The van der Waals surface area contributed by atoms with E-state index in [4.69, 9.17) is 5.73 Å². The van der Waals surface area contributed by atoms with Gasteiger partial charge in [-0.15, -0.1) is 0 Å². The van der Waals surface area contributed by atoms with Gasteiger partial charge in [-0.3, -0.25) is 4.79 Å². The van der Waals surface area contributed by atoms with Gasteiger partial charge in [0.1, 0.15) is 10.1 Å². The van der Waals surface area contributed by atoms with Gasteiger partial charge in [-0.25, -0.2) is 4.98 Å². The molecule has 1 fully saturated rings. The smallest absolute Gasteiger partial charge is 0.243 e. The van der Waals surface area contributed by atoms with E-state index in [0.717, 1.165) is 23.1 Å². The molecule has 0 aliphatic heterocycles. The molecule has 0 saturated heterocycles. The summed E-state index contributed by atoms with van der Waals surface area (Å²) in [5.74, 6) is -0.299. The van der Waals surface area contributed by atoms with Gasteiger partial charge in [-0.2, -0.15) is 0 Å². The Labute approximate surface area is 169 Å². The number of nitrogens with zero attached hydrogens (tertiary/aromatic N) is 1. The van der Waals surface area contributed by atoms with Crippen molar-refractivity contribution in [1.29, 1.82) is 0 Å². The average Bonchev–Trinajstić information content (AvgIpc) is 2.89. The van der Waals surface area contributed by atoms with Crippen LogP contribution in [0, 0.1) is 0 Å². The van der Waals surface area contributed by atoms with Crippen molar-refractivity contribution in [2.24, 2.45) is 5.73 Å². The van der Waals surface area contributed by atoms with Gasteiger partial charge >= 0.3 is 0 Å². The predicted molar refractivity (Wildman–Crippen MR) is 111 cm³/mol. The Morgan fingerprint density at radius 1 is 1.12 bits per heavy atom. The van der Waals surface area contributed by atoms with Crippen molar-refractivity contribution in [3.05, 3.63) is 62.8 Å². The maximum atomic E-state index is 12.4. The van der Waals surface area contributed by atoms with E-state index in [-0.39, 0.29) is 11.3 Å². The number of amides is 1. The van der Waals surface area contributed by atoms with Crippen LogP contribution in [-0.2, 0) is 10.2 Å². The van der Waals surface area contributed by atoms with E-state index >= 15 is 0 Å². The molecule has 1 aromatic carbocycles. The van der Waals surface area contributed by atoms with E-state index in [2.05, 4.69) is 72.5 Å². The van der Waals surface area contributed by atoms with Crippen LogP contribution in [0.25, 0.3) is 6.08 Å². The summed E-state index contributed by atoms with van der Waals surface area (Å²) in [6.45, 7) is 0. The molecule has 0 atom stereocenters. The number of benzene rings is 1. The first kappa shape index (κ1) is 17.7. The Bertz CT molecular complexity index is 901. The summed E-state index contributed by atoms with van der Waals surface area (Å²) in [4.78, 5) is 16.5. The van der Waals surface area contributed by atoms with Crippen LogP contribution in [-0.4, -0.2) is 16.4 Å². The lowest BCUT2D eigenvalue weighted by Gasteiger charge is -2.45. The molecule has 1 aromatic heterocycles. The first-order chi connectivity index (χ1) is 12.5. The molecule has 2 aromatic rings. The molecule has 26 heavy (non-hydrogen) atoms. The molecule has 6 heteroatoms. The van der Waals surface area contributed by atoms with Crippen molar-refractivity contribution in [1.82, 2.24) is 4.98 Å². The highest BCUT2D eigenvalue weighted by atomic mass is 79.9. The number of carbonyl (C=O) groups is 1. The SMILES string of the molecule is NC(=O)C1(Nc2ccnc(Br)c2)CCC2(CC1)C(Br)=Cc1ccccc12. The molecule has 2 aliphatic rings. The van der Waals surface area contributed by atoms with Crippen molar-refractivity contribution >= 4 is 49.5 Å². The van der Waals surface area contributed by atoms with E-state index in [9.17, 15) is 4.79 Å². The van der Waals surface area contributed by atoms with Crippen LogP contribution in [0.1, 0.15) is 36.8 Å². The van der Waals surface area contributed by atoms with E-state index < -0.39 is 5.54 Å². The van der Waals surface area contributed by atoms with Crippen molar-refractivity contribution in [3.63, 3.8) is 0 Å². The van der Waals surface area contributed by atoms with Crippen LogP contribution in [0.4, 0.5) is 5.69 Å². The number of aromatic nitrogens is 1. The second-order valence-electron chi connectivity index (χ2n) is 7.10. The number of anilines is 1. The normalized spacial score (nSPS) is 27.1. The lowest BCUT2D eigenvalue weighted by atomic mass is 9.65. The van der Waals surface area contributed by atoms with Crippen LogP contribution in [0.3, 0.4) is 0 Å². The molecular weight excluding hydrogens is 458 g/mol. The van der Waals surface area contributed by atoms with Crippen LogP contribution < -0.4 is 11.1 Å². The van der Waals surface area contributed by atoms with Gasteiger partial charge in [0, 0.05) is 21.8 Å². The number of rotatable bonds is 3. The zero-order chi connectivity index (χ0) is 18.4. The Morgan fingerprint density at radius 3 is 2.54 bits per heavy atom. The highest BCUT2D eigenvalue weighted by Crippen LogP contribution is 2.55. The summed E-state index contributed by atoms with van der Waals surface area (Å²) >= 11 is 7.17. The van der Waals surface area contributed by atoms with E-state index in [1.807, 2.05) is 12.1 Å². The second-order valence-corrected chi connectivity index (χ2v) is 8.77. The van der Waals surface area contributed by atoms with Crippen LogP contribution in [0.15, 0.2) is 51.7 Å². The number of halogens is 2. The first-order valence-electron chi connectivity index (χ1n) is 8.62. The summed E-state index contributed by atoms with van der Waals surface area (Å²) in [6, 6.07) is 12.2. The molecule has 0 unspecified atom stereocenters. The molecular formula is C20H19Br2N3O. The van der Waals surface area contributed by atoms with Crippen molar-refractivity contribution in [3.8, 4) is 0 Å². The first-order valence-corrected chi connectivity index (χ1v) is 10.2. The minimum Gasteiger partial charge on any atom is -0.371 e. The molecule has 1 spiro atoms. The molecule has 3 N–H and O–H groups in total. The topological polar surface area (TPSA) is 68.0 Å². The molecule has 134 valence electrons. The molecule has 0 bridgehead atoms. The molecule has 1 saturated carbocycles.